The molecule has 1 radical (unpaired) electrons. The van der Waals surface area contributed by atoms with Crippen molar-refractivity contribution in [2.75, 3.05) is 0 Å². The van der Waals surface area contributed by atoms with Gasteiger partial charge in [0.05, 0.1) is 0 Å². The summed E-state index contributed by atoms with van der Waals surface area (Å²) >= 11 is 0. The molecule has 12 heavy (non-hydrogen) atoms. The van der Waals surface area contributed by atoms with Crippen LogP contribution < -0.4 is 0 Å². The zero-order valence-corrected chi connectivity index (χ0v) is 8.94. The van der Waals surface area contributed by atoms with Gasteiger partial charge in [-0.1, -0.05) is 72.1 Å². The lowest BCUT2D eigenvalue weighted by molar-refractivity contribution is 0.411. The van der Waals surface area contributed by atoms with Crippen LogP contribution in [0.25, 0.3) is 0 Å². The van der Waals surface area contributed by atoms with Gasteiger partial charge in [-0.05, 0) is 5.92 Å². The van der Waals surface area contributed by atoms with E-state index < -0.39 is 0 Å². The van der Waals surface area contributed by atoms with Crippen LogP contribution >= 0.6 is 0 Å². The molecule has 0 rings (SSSR count). The Hall–Kier alpha value is 0. The SMILES string of the molecule is [CH2]CCCCCC(CC)CCC. The van der Waals surface area contributed by atoms with Crippen molar-refractivity contribution in [3.8, 4) is 0 Å². The van der Waals surface area contributed by atoms with Crippen molar-refractivity contribution in [3.63, 3.8) is 0 Å². The molecule has 0 aromatic carbocycles. The molecule has 0 saturated heterocycles. The Labute approximate surface area is 78.8 Å². The lowest BCUT2D eigenvalue weighted by atomic mass is 9.94. The highest BCUT2D eigenvalue weighted by molar-refractivity contribution is 4.57. The summed E-state index contributed by atoms with van der Waals surface area (Å²) in [5, 5.41) is 0. The van der Waals surface area contributed by atoms with Crippen LogP contribution in [0.2, 0.25) is 0 Å². The third kappa shape index (κ3) is 6.69. The van der Waals surface area contributed by atoms with Crippen molar-refractivity contribution in [3.05, 3.63) is 6.92 Å². The molecule has 0 bridgehead atoms. The Morgan fingerprint density at radius 3 is 2.25 bits per heavy atom. The van der Waals surface area contributed by atoms with E-state index in [2.05, 4.69) is 20.8 Å². The minimum absolute atomic E-state index is 1.000. The fourth-order valence-electron chi connectivity index (χ4n) is 1.75. The summed E-state index contributed by atoms with van der Waals surface area (Å²) in [4.78, 5) is 0. The Morgan fingerprint density at radius 1 is 1.00 bits per heavy atom. The van der Waals surface area contributed by atoms with Crippen LogP contribution in [-0.4, -0.2) is 0 Å². The molecular formula is C12H25. The fraction of sp³-hybridized carbons (Fsp3) is 0.917. The Kier molecular flexibility index (Phi) is 9.09. The summed E-state index contributed by atoms with van der Waals surface area (Å²) < 4.78 is 0. The first-order chi connectivity index (χ1) is 5.85. The van der Waals surface area contributed by atoms with E-state index in [0.29, 0.717) is 0 Å². The van der Waals surface area contributed by atoms with Crippen molar-refractivity contribution >= 4 is 0 Å². The third-order valence-electron chi connectivity index (χ3n) is 2.64. The Morgan fingerprint density at radius 2 is 1.75 bits per heavy atom. The van der Waals surface area contributed by atoms with Gasteiger partial charge in [0, 0.05) is 0 Å². The van der Waals surface area contributed by atoms with Crippen LogP contribution in [0.15, 0.2) is 0 Å². The number of hydrogen-bond donors (Lipinski definition) is 0. The largest absolute Gasteiger partial charge is 0.0654 e. The maximum Gasteiger partial charge on any atom is -0.0417 e. The molecule has 1 atom stereocenters. The van der Waals surface area contributed by atoms with Crippen molar-refractivity contribution in [1.29, 1.82) is 0 Å². The number of unbranched alkanes of at least 4 members (excludes halogenated alkanes) is 3. The molecule has 0 heteroatoms. The monoisotopic (exact) mass is 169 g/mol. The summed E-state index contributed by atoms with van der Waals surface area (Å²) in [5.41, 5.74) is 0. The zero-order valence-electron chi connectivity index (χ0n) is 8.94. The molecule has 0 fully saturated rings. The lowest BCUT2D eigenvalue weighted by Gasteiger charge is -2.12. The van der Waals surface area contributed by atoms with Gasteiger partial charge in [0.25, 0.3) is 0 Å². The average Bonchev–Trinajstić information content (AvgIpc) is 2.10. The molecule has 0 saturated carbocycles. The van der Waals surface area contributed by atoms with Gasteiger partial charge in [0.2, 0.25) is 0 Å². The first-order valence-electron chi connectivity index (χ1n) is 5.64. The van der Waals surface area contributed by atoms with E-state index in [4.69, 9.17) is 0 Å². The zero-order chi connectivity index (χ0) is 9.23. The van der Waals surface area contributed by atoms with E-state index in [1.54, 1.807) is 0 Å². The van der Waals surface area contributed by atoms with Crippen LogP contribution in [0.1, 0.15) is 65.2 Å². The van der Waals surface area contributed by atoms with Gasteiger partial charge in [-0.3, -0.25) is 0 Å². The molecule has 0 aliphatic carbocycles. The average molecular weight is 169 g/mol. The Bertz CT molecular complexity index is 76.1. The molecular weight excluding hydrogens is 144 g/mol. The van der Waals surface area contributed by atoms with Crippen LogP contribution in [0.3, 0.4) is 0 Å². The maximum atomic E-state index is 3.86. The predicted octanol–water partition coefficient (Wildman–Crippen LogP) is 4.60. The van der Waals surface area contributed by atoms with E-state index in [1.807, 2.05) is 0 Å². The molecule has 0 spiro atoms. The predicted molar refractivity (Wildman–Crippen MR) is 57.1 cm³/mol. The van der Waals surface area contributed by atoms with Crippen LogP contribution in [-0.2, 0) is 0 Å². The second-order valence-electron chi connectivity index (χ2n) is 3.77. The summed E-state index contributed by atoms with van der Waals surface area (Å²) in [6.45, 7) is 8.47. The van der Waals surface area contributed by atoms with Gasteiger partial charge in [-0.15, -0.1) is 0 Å². The topological polar surface area (TPSA) is 0 Å². The number of hydrogen-bond acceptors (Lipinski definition) is 0. The van der Waals surface area contributed by atoms with Crippen LogP contribution in [0, 0.1) is 12.8 Å². The van der Waals surface area contributed by atoms with Crippen molar-refractivity contribution in [2.45, 2.75) is 65.2 Å². The molecule has 0 aromatic rings. The highest BCUT2D eigenvalue weighted by Crippen LogP contribution is 2.18. The molecule has 0 N–H and O–H groups in total. The van der Waals surface area contributed by atoms with Gasteiger partial charge >= 0.3 is 0 Å². The van der Waals surface area contributed by atoms with Crippen LogP contribution in [0.4, 0.5) is 0 Å². The summed E-state index contributed by atoms with van der Waals surface area (Å²) in [6.07, 6.45) is 10.9. The lowest BCUT2D eigenvalue weighted by Crippen LogP contribution is -1.97. The first-order valence-corrected chi connectivity index (χ1v) is 5.64. The van der Waals surface area contributed by atoms with Crippen molar-refractivity contribution in [2.24, 2.45) is 5.92 Å². The molecule has 0 aromatic heterocycles. The summed E-state index contributed by atoms with van der Waals surface area (Å²) in [7, 11) is 0. The molecule has 0 amide bonds. The molecule has 73 valence electrons. The molecule has 0 aliphatic heterocycles. The third-order valence-corrected chi connectivity index (χ3v) is 2.64. The fourth-order valence-corrected chi connectivity index (χ4v) is 1.75. The van der Waals surface area contributed by atoms with Gasteiger partial charge in [0.15, 0.2) is 0 Å². The minimum atomic E-state index is 1.000. The van der Waals surface area contributed by atoms with Crippen molar-refractivity contribution in [1.82, 2.24) is 0 Å². The van der Waals surface area contributed by atoms with E-state index in [1.165, 1.54) is 44.9 Å². The normalized spacial score (nSPS) is 13.2. The van der Waals surface area contributed by atoms with Crippen LogP contribution in [0.5, 0.6) is 0 Å². The molecule has 0 aliphatic rings. The van der Waals surface area contributed by atoms with Gasteiger partial charge in [-0.2, -0.15) is 0 Å². The maximum absolute atomic E-state index is 3.86. The minimum Gasteiger partial charge on any atom is -0.0654 e. The quantitative estimate of drug-likeness (QED) is 0.466. The second-order valence-corrected chi connectivity index (χ2v) is 3.77. The molecule has 1 unspecified atom stereocenters. The van der Waals surface area contributed by atoms with E-state index in [0.717, 1.165) is 12.3 Å². The molecule has 0 nitrogen and oxygen atoms in total. The highest BCUT2D eigenvalue weighted by atomic mass is 14.1. The smallest absolute Gasteiger partial charge is 0.0417 e. The number of rotatable bonds is 8. The Balaban J connectivity index is 3.19. The van der Waals surface area contributed by atoms with Gasteiger partial charge < -0.3 is 0 Å². The van der Waals surface area contributed by atoms with Crippen molar-refractivity contribution < 1.29 is 0 Å². The summed E-state index contributed by atoms with van der Waals surface area (Å²) in [6, 6.07) is 0. The molecule has 0 heterocycles. The summed E-state index contributed by atoms with van der Waals surface area (Å²) in [5.74, 6) is 1.000. The standard InChI is InChI=1S/C12H25/c1-4-7-8-9-11-12(6-3)10-5-2/h12H,1,4-11H2,2-3H3. The van der Waals surface area contributed by atoms with Gasteiger partial charge in [0.1, 0.15) is 0 Å². The highest BCUT2D eigenvalue weighted by Gasteiger charge is 2.03. The van der Waals surface area contributed by atoms with E-state index in [-0.39, 0.29) is 0 Å². The van der Waals surface area contributed by atoms with E-state index >= 15 is 0 Å². The van der Waals surface area contributed by atoms with E-state index in [9.17, 15) is 0 Å². The second kappa shape index (κ2) is 9.09. The van der Waals surface area contributed by atoms with Gasteiger partial charge in [-0.25, -0.2) is 0 Å². The first kappa shape index (κ1) is 12.0.